The van der Waals surface area contributed by atoms with Crippen LogP contribution in [0.2, 0.25) is 0 Å². The van der Waals surface area contributed by atoms with Crippen molar-refractivity contribution in [3.05, 3.63) is 46.7 Å². The van der Waals surface area contributed by atoms with Gasteiger partial charge in [0.25, 0.3) is 0 Å². The van der Waals surface area contributed by atoms with Crippen LogP contribution in [0.5, 0.6) is 5.75 Å². The van der Waals surface area contributed by atoms with Crippen LogP contribution in [0.15, 0.2) is 41.1 Å². The summed E-state index contributed by atoms with van der Waals surface area (Å²) < 4.78 is 10.3. The van der Waals surface area contributed by atoms with Crippen LogP contribution in [0, 0.1) is 0 Å². The van der Waals surface area contributed by atoms with Gasteiger partial charge in [-0.05, 0) is 41.4 Å². The second-order valence-electron chi connectivity index (χ2n) is 4.12. The summed E-state index contributed by atoms with van der Waals surface area (Å²) >= 11 is 1.55. The third kappa shape index (κ3) is 3.51. The van der Waals surface area contributed by atoms with Crippen LogP contribution in [0.3, 0.4) is 0 Å². The Bertz CT molecular complexity index is 554. The van der Waals surface area contributed by atoms with Gasteiger partial charge in [0.1, 0.15) is 5.75 Å². The molecule has 0 amide bonds. The van der Waals surface area contributed by atoms with E-state index in [2.05, 4.69) is 5.32 Å². The quantitative estimate of drug-likeness (QED) is 0.828. The van der Waals surface area contributed by atoms with Crippen LogP contribution in [0.4, 0.5) is 5.69 Å². The molecule has 1 heterocycles. The largest absolute Gasteiger partial charge is 0.497 e. The predicted molar refractivity (Wildman–Crippen MR) is 80.3 cm³/mol. The van der Waals surface area contributed by atoms with E-state index in [4.69, 9.17) is 9.47 Å². The number of carbonyl (C=O) groups is 1. The Morgan fingerprint density at radius 1 is 1.40 bits per heavy atom. The maximum Gasteiger partial charge on any atom is 0.333 e. The lowest BCUT2D eigenvalue weighted by molar-refractivity contribution is -0.144. The molecular formula is C15H17NO3S. The molecule has 1 unspecified atom stereocenters. The molecule has 0 spiro atoms. The van der Waals surface area contributed by atoms with Gasteiger partial charge in [-0.1, -0.05) is 6.07 Å². The molecule has 1 N–H and O–H groups in total. The van der Waals surface area contributed by atoms with Crippen LogP contribution < -0.4 is 10.1 Å². The molecule has 0 aliphatic rings. The zero-order valence-electron chi connectivity index (χ0n) is 11.5. The van der Waals surface area contributed by atoms with E-state index in [9.17, 15) is 4.79 Å². The lowest BCUT2D eigenvalue weighted by Gasteiger charge is -2.18. The summed E-state index contributed by atoms with van der Waals surface area (Å²) in [6, 6.07) is 8.87. The van der Waals surface area contributed by atoms with Gasteiger partial charge in [0.2, 0.25) is 0 Å². The molecule has 0 bridgehead atoms. The Balaban J connectivity index is 2.21. The minimum absolute atomic E-state index is 0.284. The highest BCUT2D eigenvalue weighted by Crippen LogP contribution is 2.25. The Morgan fingerprint density at radius 2 is 2.25 bits per heavy atom. The first-order chi connectivity index (χ1) is 9.74. The fourth-order valence-electron chi connectivity index (χ4n) is 1.82. The lowest BCUT2D eigenvalue weighted by Crippen LogP contribution is -2.22. The van der Waals surface area contributed by atoms with Gasteiger partial charge in [-0.2, -0.15) is 11.3 Å². The highest BCUT2D eigenvalue weighted by atomic mass is 32.1. The van der Waals surface area contributed by atoms with E-state index >= 15 is 0 Å². The van der Waals surface area contributed by atoms with Gasteiger partial charge in [-0.25, -0.2) is 4.79 Å². The van der Waals surface area contributed by atoms with E-state index in [1.807, 2.05) is 41.1 Å². The standard InChI is InChI=1S/C15H17NO3S/c1-3-19-15(17)14(11-7-8-20-10-11)16-12-5-4-6-13(9-12)18-2/h4-10,14,16H,3H2,1-2H3. The van der Waals surface area contributed by atoms with E-state index in [0.29, 0.717) is 6.61 Å². The summed E-state index contributed by atoms with van der Waals surface area (Å²) in [7, 11) is 1.61. The molecule has 4 nitrogen and oxygen atoms in total. The van der Waals surface area contributed by atoms with E-state index < -0.39 is 6.04 Å². The molecule has 1 atom stereocenters. The van der Waals surface area contributed by atoms with Crippen molar-refractivity contribution in [1.29, 1.82) is 0 Å². The topological polar surface area (TPSA) is 47.6 Å². The van der Waals surface area contributed by atoms with Gasteiger partial charge >= 0.3 is 5.97 Å². The van der Waals surface area contributed by atoms with Gasteiger partial charge in [0.15, 0.2) is 6.04 Å². The van der Waals surface area contributed by atoms with Crippen molar-refractivity contribution in [3.8, 4) is 5.75 Å². The third-order valence-electron chi connectivity index (χ3n) is 2.78. The number of rotatable bonds is 6. The zero-order chi connectivity index (χ0) is 14.4. The minimum Gasteiger partial charge on any atom is -0.497 e. The molecule has 106 valence electrons. The van der Waals surface area contributed by atoms with Crippen molar-refractivity contribution in [2.45, 2.75) is 13.0 Å². The SMILES string of the molecule is CCOC(=O)C(Nc1cccc(OC)c1)c1ccsc1. The predicted octanol–water partition coefficient (Wildman–Crippen LogP) is 3.47. The van der Waals surface area contributed by atoms with Crippen molar-refractivity contribution >= 4 is 23.0 Å². The van der Waals surface area contributed by atoms with Crippen LogP contribution in [-0.2, 0) is 9.53 Å². The van der Waals surface area contributed by atoms with E-state index in [0.717, 1.165) is 17.0 Å². The first kappa shape index (κ1) is 14.4. The maximum absolute atomic E-state index is 12.1. The first-order valence-electron chi connectivity index (χ1n) is 6.34. The lowest BCUT2D eigenvalue weighted by atomic mass is 10.1. The van der Waals surface area contributed by atoms with Crippen molar-refractivity contribution < 1.29 is 14.3 Å². The van der Waals surface area contributed by atoms with Gasteiger partial charge in [0, 0.05) is 11.8 Å². The summed E-state index contributed by atoms with van der Waals surface area (Å²) in [5, 5.41) is 7.07. The number of thiophene rings is 1. The second-order valence-corrected chi connectivity index (χ2v) is 4.90. The van der Waals surface area contributed by atoms with Gasteiger partial charge in [-0.3, -0.25) is 0 Å². The molecule has 1 aromatic heterocycles. The number of carbonyl (C=O) groups excluding carboxylic acids is 1. The molecule has 5 heteroatoms. The number of esters is 1. The van der Waals surface area contributed by atoms with Crippen LogP contribution in [0.25, 0.3) is 0 Å². The Hall–Kier alpha value is -2.01. The number of anilines is 1. The Labute approximate surface area is 122 Å². The minimum atomic E-state index is -0.506. The second kappa shape index (κ2) is 6.96. The average molecular weight is 291 g/mol. The third-order valence-corrected chi connectivity index (χ3v) is 3.48. The van der Waals surface area contributed by atoms with E-state index in [1.165, 1.54) is 0 Å². The van der Waals surface area contributed by atoms with E-state index in [1.54, 1.807) is 25.4 Å². The smallest absolute Gasteiger partial charge is 0.333 e. The average Bonchev–Trinajstić information content (AvgIpc) is 2.99. The number of methoxy groups -OCH3 is 1. The Kier molecular flexibility index (Phi) is 5.01. The van der Waals surface area contributed by atoms with Crippen molar-refractivity contribution in [3.63, 3.8) is 0 Å². The molecule has 20 heavy (non-hydrogen) atoms. The number of ether oxygens (including phenoxy) is 2. The summed E-state index contributed by atoms with van der Waals surface area (Å²) in [5.74, 6) is 0.455. The monoisotopic (exact) mass is 291 g/mol. The van der Waals surface area contributed by atoms with Gasteiger partial charge < -0.3 is 14.8 Å². The van der Waals surface area contributed by atoms with Gasteiger partial charge in [0.05, 0.1) is 13.7 Å². The van der Waals surface area contributed by atoms with Crippen molar-refractivity contribution in [1.82, 2.24) is 0 Å². The molecule has 0 saturated heterocycles. The molecule has 0 fully saturated rings. The normalized spacial score (nSPS) is 11.7. The highest BCUT2D eigenvalue weighted by Gasteiger charge is 2.22. The van der Waals surface area contributed by atoms with Crippen molar-refractivity contribution in [2.75, 3.05) is 19.0 Å². The maximum atomic E-state index is 12.1. The summed E-state index contributed by atoms with van der Waals surface area (Å²) in [6.07, 6.45) is 0. The summed E-state index contributed by atoms with van der Waals surface area (Å²) in [4.78, 5) is 12.1. The molecule has 0 aliphatic heterocycles. The zero-order valence-corrected chi connectivity index (χ0v) is 12.3. The fraction of sp³-hybridized carbons (Fsp3) is 0.267. The summed E-state index contributed by atoms with van der Waals surface area (Å²) in [6.45, 7) is 2.16. The van der Waals surface area contributed by atoms with E-state index in [-0.39, 0.29) is 5.97 Å². The highest BCUT2D eigenvalue weighted by molar-refractivity contribution is 7.08. The number of nitrogens with one attached hydrogen (secondary N) is 1. The molecule has 2 aromatic rings. The molecular weight excluding hydrogens is 274 g/mol. The molecule has 0 radical (unpaired) electrons. The molecule has 2 rings (SSSR count). The Morgan fingerprint density at radius 3 is 2.90 bits per heavy atom. The van der Waals surface area contributed by atoms with Crippen LogP contribution in [-0.4, -0.2) is 19.7 Å². The van der Waals surface area contributed by atoms with Crippen molar-refractivity contribution in [2.24, 2.45) is 0 Å². The van der Waals surface area contributed by atoms with Gasteiger partial charge in [-0.15, -0.1) is 0 Å². The first-order valence-corrected chi connectivity index (χ1v) is 7.28. The fourth-order valence-corrected chi connectivity index (χ4v) is 2.51. The summed E-state index contributed by atoms with van der Waals surface area (Å²) in [5.41, 5.74) is 1.71. The number of benzene rings is 1. The number of hydrogen-bond acceptors (Lipinski definition) is 5. The van der Waals surface area contributed by atoms with Crippen LogP contribution in [0.1, 0.15) is 18.5 Å². The molecule has 0 aliphatic carbocycles. The molecule has 0 saturated carbocycles. The number of hydrogen-bond donors (Lipinski definition) is 1. The molecule has 1 aromatic carbocycles. The van der Waals surface area contributed by atoms with Crippen LogP contribution >= 0.6 is 11.3 Å².